The molecule has 0 radical (unpaired) electrons. The molecule has 4 nitrogen and oxygen atoms in total. The third-order valence-corrected chi connectivity index (χ3v) is 2.95. The molecule has 0 fully saturated rings. The van der Waals surface area contributed by atoms with Crippen molar-refractivity contribution in [3.8, 4) is 5.75 Å². The van der Waals surface area contributed by atoms with Crippen molar-refractivity contribution in [2.24, 2.45) is 5.92 Å². The molecule has 0 aliphatic rings. The van der Waals surface area contributed by atoms with Gasteiger partial charge in [-0.3, -0.25) is 4.79 Å². The van der Waals surface area contributed by atoms with E-state index in [2.05, 4.69) is 5.32 Å². The Balaban J connectivity index is 2.63. The number of nitrogens with one attached hydrogen (secondary N) is 1. The van der Waals surface area contributed by atoms with E-state index in [1.165, 1.54) is 0 Å². The molecular formula is C17H27NO3. The predicted octanol–water partition coefficient (Wildman–Crippen LogP) is 3.00. The summed E-state index contributed by atoms with van der Waals surface area (Å²) in [6.45, 7) is 9.95. The zero-order valence-electron chi connectivity index (χ0n) is 13.6. The Morgan fingerprint density at radius 2 is 2.00 bits per heavy atom. The predicted molar refractivity (Wildman–Crippen MR) is 84.6 cm³/mol. The van der Waals surface area contributed by atoms with Crippen LogP contribution >= 0.6 is 0 Å². The highest BCUT2D eigenvalue weighted by atomic mass is 16.5. The van der Waals surface area contributed by atoms with Crippen LogP contribution in [-0.4, -0.2) is 29.3 Å². The average molecular weight is 293 g/mol. The van der Waals surface area contributed by atoms with E-state index in [4.69, 9.17) is 4.74 Å². The van der Waals surface area contributed by atoms with E-state index in [9.17, 15) is 9.90 Å². The quantitative estimate of drug-likeness (QED) is 0.812. The molecule has 0 saturated carbocycles. The standard InChI is InChI=1S/C17H27NO3/c1-12(2)10-17(5,20)11-18-16(19)14-7-6-8-15(9-14)21-13(3)4/h6-9,12-13,20H,10-11H2,1-5H3,(H,18,19). The van der Waals surface area contributed by atoms with Gasteiger partial charge in [0.1, 0.15) is 5.75 Å². The summed E-state index contributed by atoms with van der Waals surface area (Å²) in [4.78, 5) is 12.1. The van der Waals surface area contributed by atoms with Crippen LogP contribution in [0.2, 0.25) is 0 Å². The fraction of sp³-hybridized carbons (Fsp3) is 0.588. The number of amides is 1. The normalized spacial score (nSPS) is 14.1. The van der Waals surface area contributed by atoms with Gasteiger partial charge in [0.15, 0.2) is 0 Å². The second-order valence-electron chi connectivity index (χ2n) is 6.47. The monoisotopic (exact) mass is 293 g/mol. The lowest BCUT2D eigenvalue weighted by Gasteiger charge is -2.25. The van der Waals surface area contributed by atoms with Crippen LogP contribution in [0, 0.1) is 5.92 Å². The van der Waals surface area contributed by atoms with E-state index in [1.54, 1.807) is 25.1 Å². The SMILES string of the molecule is CC(C)CC(C)(O)CNC(=O)c1cccc(OC(C)C)c1. The molecular weight excluding hydrogens is 266 g/mol. The van der Waals surface area contributed by atoms with Crippen LogP contribution in [0.5, 0.6) is 5.75 Å². The van der Waals surface area contributed by atoms with Crippen LogP contribution in [0.3, 0.4) is 0 Å². The molecule has 1 unspecified atom stereocenters. The molecule has 4 heteroatoms. The molecule has 0 aliphatic heterocycles. The second kappa shape index (κ2) is 7.46. The van der Waals surface area contributed by atoms with Crippen molar-refractivity contribution in [2.45, 2.75) is 52.7 Å². The Bertz CT molecular complexity index is 467. The summed E-state index contributed by atoms with van der Waals surface area (Å²) in [6, 6.07) is 7.07. The van der Waals surface area contributed by atoms with Crippen LogP contribution in [0.4, 0.5) is 0 Å². The largest absolute Gasteiger partial charge is 0.491 e. The van der Waals surface area contributed by atoms with Gasteiger partial charge in [0.05, 0.1) is 11.7 Å². The smallest absolute Gasteiger partial charge is 0.251 e. The fourth-order valence-electron chi connectivity index (χ4n) is 2.31. The lowest BCUT2D eigenvalue weighted by atomic mass is 9.94. The van der Waals surface area contributed by atoms with E-state index >= 15 is 0 Å². The van der Waals surface area contributed by atoms with Crippen LogP contribution < -0.4 is 10.1 Å². The van der Waals surface area contributed by atoms with Gasteiger partial charge in [-0.15, -0.1) is 0 Å². The number of ether oxygens (including phenoxy) is 1. The Labute approximate surface area is 127 Å². The van der Waals surface area contributed by atoms with Gasteiger partial charge >= 0.3 is 0 Å². The summed E-state index contributed by atoms with van der Waals surface area (Å²) in [5.41, 5.74) is -0.357. The third kappa shape index (κ3) is 6.63. The molecule has 0 bridgehead atoms. The van der Waals surface area contributed by atoms with Crippen molar-refractivity contribution in [1.82, 2.24) is 5.32 Å². The first-order valence-electron chi connectivity index (χ1n) is 7.47. The number of hydrogen-bond acceptors (Lipinski definition) is 3. The van der Waals surface area contributed by atoms with Gasteiger partial charge in [-0.1, -0.05) is 19.9 Å². The summed E-state index contributed by atoms with van der Waals surface area (Å²) in [5.74, 6) is 0.847. The molecule has 0 heterocycles. The lowest BCUT2D eigenvalue weighted by Crippen LogP contribution is -2.41. The molecule has 0 aromatic heterocycles. The maximum Gasteiger partial charge on any atom is 0.251 e. The molecule has 21 heavy (non-hydrogen) atoms. The molecule has 1 atom stereocenters. The number of aliphatic hydroxyl groups is 1. The first-order valence-corrected chi connectivity index (χ1v) is 7.47. The fourth-order valence-corrected chi connectivity index (χ4v) is 2.31. The van der Waals surface area contributed by atoms with Crippen LogP contribution in [0.1, 0.15) is 51.4 Å². The maximum absolute atomic E-state index is 12.1. The molecule has 1 rings (SSSR count). The summed E-state index contributed by atoms with van der Waals surface area (Å²) in [5, 5.41) is 13.0. The molecule has 0 spiro atoms. The molecule has 1 aromatic rings. The van der Waals surface area contributed by atoms with Crippen molar-refractivity contribution < 1.29 is 14.6 Å². The van der Waals surface area contributed by atoms with Gasteiger partial charge in [-0.2, -0.15) is 0 Å². The Morgan fingerprint density at radius 1 is 1.33 bits per heavy atom. The number of hydrogen-bond donors (Lipinski definition) is 2. The topological polar surface area (TPSA) is 58.6 Å². The molecule has 2 N–H and O–H groups in total. The van der Waals surface area contributed by atoms with Gasteiger partial charge in [0, 0.05) is 12.1 Å². The highest BCUT2D eigenvalue weighted by Crippen LogP contribution is 2.17. The highest BCUT2D eigenvalue weighted by molar-refractivity contribution is 5.94. The van der Waals surface area contributed by atoms with Crippen LogP contribution in [0.25, 0.3) is 0 Å². The number of benzene rings is 1. The van der Waals surface area contributed by atoms with Crippen molar-refractivity contribution in [1.29, 1.82) is 0 Å². The lowest BCUT2D eigenvalue weighted by molar-refractivity contribution is 0.0368. The molecule has 0 aliphatic carbocycles. The zero-order valence-corrected chi connectivity index (χ0v) is 13.6. The molecule has 1 amide bonds. The molecule has 1 aromatic carbocycles. The van der Waals surface area contributed by atoms with Gasteiger partial charge in [0.25, 0.3) is 5.91 Å². The molecule has 118 valence electrons. The summed E-state index contributed by atoms with van der Waals surface area (Å²) < 4.78 is 5.57. The summed E-state index contributed by atoms with van der Waals surface area (Å²) in [7, 11) is 0. The van der Waals surface area contributed by atoms with E-state index in [0.717, 1.165) is 0 Å². The molecule has 0 saturated heterocycles. The minimum Gasteiger partial charge on any atom is -0.491 e. The average Bonchev–Trinajstić information content (AvgIpc) is 2.34. The van der Waals surface area contributed by atoms with Crippen molar-refractivity contribution in [2.75, 3.05) is 6.54 Å². The Kier molecular flexibility index (Phi) is 6.21. The second-order valence-corrected chi connectivity index (χ2v) is 6.47. The number of rotatable bonds is 7. The summed E-state index contributed by atoms with van der Waals surface area (Å²) in [6.07, 6.45) is 0.708. The van der Waals surface area contributed by atoms with E-state index in [-0.39, 0.29) is 18.6 Å². The Morgan fingerprint density at radius 3 is 2.57 bits per heavy atom. The maximum atomic E-state index is 12.1. The van der Waals surface area contributed by atoms with E-state index < -0.39 is 5.60 Å². The van der Waals surface area contributed by atoms with Crippen LogP contribution in [-0.2, 0) is 0 Å². The minimum absolute atomic E-state index is 0.0649. The van der Waals surface area contributed by atoms with E-state index in [1.807, 2.05) is 33.8 Å². The third-order valence-electron chi connectivity index (χ3n) is 2.95. The Hall–Kier alpha value is -1.55. The zero-order chi connectivity index (χ0) is 16.0. The van der Waals surface area contributed by atoms with Crippen LogP contribution in [0.15, 0.2) is 24.3 Å². The first kappa shape index (κ1) is 17.5. The van der Waals surface area contributed by atoms with Gasteiger partial charge in [0.2, 0.25) is 0 Å². The van der Waals surface area contributed by atoms with Crippen molar-refractivity contribution in [3.05, 3.63) is 29.8 Å². The number of carbonyl (C=O) groups excluding carboxylic acids is 1. The van der Waals surface area contributed by atoms with Gasteiger partial charge in [-0.25, -0.2) is 0 Å². The van der Waals surface area contributed by atoms with E-state index in [0.29, 0.717) is 23.7 Å². The van der Waals surface area contributed by atoms with Gasteiger partial charge < -0.3 is 15.2 Å². The van der Waals surface area contributed by atoms with Crippen molar-refractivity contribution in [3.63, 3.8) is 0 Å². The summed E-state index contributed by atoms with van der Waals surface area (Å²) >= 11 is 0. The highest BCUT2D eigenvalue weighted by Gasteiger charge is 2.22. The first-order chi connectivity index (χ1) is 9.69. The van der Waals surface area contributed by atoms with Crippen molar-refractivity contribution >= 4 is 5.91 Å². The van der Waals surface area contributed by atoms with Gasteiger partial charge in [-0.05, 0) is 51.3 Å². The number of carbonyl (C=O) groups is 1. The minimum atomic E-state index is -0.893.